The first-order valence-corrected chi connectivity index (χ1v) is 11.5. The number of nitrogens with two attached hydrogens (primary N) is 1. The van der Waals surface area contributed by atoms with Crippen molar-refractivity contribution in [3.8, 4) is 0 Å². The molecule has 8 nitrogen and oxygen atoms in total. The predicted octanol–water partition coefficient (Wildman–Crippen LogP) is 1.76. The normalized spacial score (nSPS) is 12.3. The van der Waals surface area contributed by atoms with E-state index < -0.39 is 16.0 Å². The van der Waals surface area contributed by atoms with Crippen LogP contribution in [0.15, 0.2) is 52.4 Å². The number of nitrogens with zero attached hydrogens (tertiary/aromatic N) is 2. The first-order chi connectivity index (χ1) is 14.2. The van der Waals surface area contributed by atoms with Crippen LogP contribution in [-0.2, 0) is 43.7 Å². The number of fused-ring (bicyclic) bond motifs is 1. The summed E-state index contributed by atoms with van der Waals surface area (Å²) >= 11 is 1.10. The second kappa shape index (κ2) is 8.90. The maximum Gasteiger partial charge on any atom is 0.325 e. The van der Waals surface area contributed by atoms with Gasteiger partial charge in [0.2, 0.25) is 10.0 Å². The SMILES string of the molecule is CCc1ccc(CC(=O)N=c2sc3cc(S(N)(=O)=O)ccc3n2CC(=O)OC)cc1. The van der Waals surface area contributed by atoms with Crippen molar-refractivity contribution in [1.29, 1.82) is 0 Å². The largest absolute Gasteiger partial charge is 0.468 e. The molecular weight excluding hydrogens is 426 g/mol. The van der Waals surface area contributed by atoms with Crippen LogP contribution in [0.3, 0.4) is 0 Å². The lowest BCUT2D eigenvalue weighted by Crippen LogP contribution is -2.22. The van der Waals surface area contributed by atoms with Gasteiger partial charge in [0.05, 0.1) is 28.6 Å². The number of carbonyl (C=O) groups is 2. The minimum absolute atomic E-state index is 0.0599. The zero-order valence-electron chi connectivity index (χ0n) is 16.5. The van der Waals surface area contributed by atoms with Crippen LogP contribution in [0.4, 0.5) is 0 Å². The third kappa shape index (κ3) is 5.02. The first kappa shape index (κ1) is 21.9. The smallest absolute Gasteiger partial charge is 0.325 e. The zero-order valence-corrected chi connectivity index (χ0v) is 18.1. The van der Waals surface area contributed by atoms with E-state index in [0.717, 1.165) is 23.3 Å². The van der Waals surface area contributed by atoms with E-state index in [0.29, 0.717) is 10.2 Å². The van der Waals surface area contributed by atoms with Crippen LogP contribution < -0.4 is 9.94 Å². The highest BCUT2D eigenvalue weighted by Gasteiger charge is 2.15. The van der Waals surface area contributed by atoms with Crippen LogP contribution in [0.25, 0.3) is 10.2 Å². The minimum atomic E-state index is -3.89. The summed E-state index contributed by atoms with van der Waals surface area (Å²) in [5.41, 5.74) is 2.56. The van der Waals surface area contributed by atoms with Crippen molar-refractivity contribution in [1.82, 2.24) is 4.57 Å². The molecule has 2 aromatic carbocycles. The summed E-state index contributed by atoms with van der Waals surface area (Å²) in [6.45, 7) is 1.89. The van der Waals surface area contributed by atoms with Gasteiger partial charge in [-0.05, 0) is 35.7 Å². The summed E-state index contributed by atoms with van der Waals surface area (Å²) in [6.07, 6.45) is 1.02. The Labute approximate surface area is 177 Å². The number of methoxy groups -OCH3 is 1. The van der Waals surface area contributed by atoms with Crippen molar-refractivity contribution in [3.05, 3.63) is 58.4 Å². The van der Waals surface area contributed by atoms with Crippen LogP contribution in [0.1, 0.15) is 18.1 Å². The Morgan fingerprint density at radius 1 is 1.13 bits per heavy atom. The number of carbonyl (C=O) groups excluding carboxylic acids is 2. The van der Waals surface area contributed by atoms with Crippen LogP contribution in [0.5, 0.6) is 0 Å². The van der Waals surface area contributed by atoms with E-state index >= 15 is 0 Å². The Morgan fingerprint density at radius 3 is 2.40 bits per heavy atom. The molecule has 0 aliphatic rings. The molecule has 1 heterocycles. The summed E-state index contributed by atoms with van der Waals surface area (Å²) in [7, 11) is -2.62. The number of aromatic nitrogens is 1. The van der Waals surface area contributed by atoms with E-state index in [-0.39, 0.29) is 28.6 Å². The topological polar surface area (TPSA) is 121 Å². The molecule has 3 aromatic rings. The van der Waals surface area contributed by atoms with E-state index in [1.54, 1.807) is 0 Å². The monoisotopic (exact) mass is 447 g/mol. The molecule has 0 fully saturated rings. The zero-order chi connectivity index (χ0) is 21.9. The summed E-state index contributed by atoms with van der Waals surface area (Å²) in [5.74, 6) is -0.898. The molecule has 0 bridgehead atoms. The average Bonchev–Trinajstić information content (AvgIpc) is 3.03. The fraction of sp³-hybridized carbons (Fsp3) is 0.250. The average molecular weight is 448 g/mol. The highest BCUT2D eigenvalue weighted by Crippen LogP contribution is 2.21. The molecule has 2 N–H and O–H groups in total. The van der Waals surface area contributed by atoms with Gasteiger partial charge in [-0.3, -0.25) is 9.59 Å². The molecule has 0 aliphatic heterocycles. The molecule has 0 spiro atoms. The quantitative estimate of drug-likeness (QED) is 0.577. The molecule has 0 unspecified atom stereocenters. The molecule has 158 valence electrons. The summed E-state index contributed by atoms with van der Waals surface area (Å²) in [4.78, 5) is 28.8. The van der Waals surface area contributed by atoms with Crippen molar-refractivity contribution >= 4 is 43.5 Å². The number of benzene rings is 2. The third-order valence-corrected chi connectivity index (χ3v) is 6.46. The summed E-state index contributed by atoms with van der Waals surface area (Å²) in [5, 5.41) is 5.20. The van der Waals surface area contributed by atoms with Crippen LogP contribution >= 0.6 is 11.3 Å². The molecule has 0 saturated carbocycles. The van der Waals surface area contributed by atoms with Gasteiger partial charge in [0.25, 0.3) is 5.91 Å². The number of primary sulfonamides is 1. The van der Waals surface area contributed by atoms with Gasteiger partial charge < -0.3 is 9.30 Å². The minimum Gasteiger partial charge on any atom is -0.468 e. The predicted molar refractivity (Wildman–Crippen MR) is 113 cm³/mol. The first-order valence-electron chi connectivity index (χ1n) is 9.09. The van der Waals surface area contributed by atoms with Crippen LogP contribution in [0.2, 0.25) is 0 Å². The summed E-state index contributed by atoms with van der Waals surface area (Å²) < 4.78 is 30.1. The Balaban J connectivity index is 2.03. The van der Waals surface area contributed by atoms with E-state index in [1.807, 2.05) is 24.3 Å². The maximum atomic E-state index is 12.5. The number of esters is 1. The molecule has 0 radical (unpaired) electrons. The number of aryl methyl sites for hydroxylation is 1. The van der Waals surface area contributed by atoms with E-state index in [4.69, 9.17) is 9.88 Å². The van der Waals surface area contributed by atoms with E-state index in [9.17, 15) is 18.0 Å². The highest BCUT2D eigenvalue weighted by atomic mass is 32.2. The van der Waals surface area contributed by atoms with Crippen molar-refractivity contribution in [2.45, 2.75) is 31.2 Å². The fourth-order valence-electron chi connectivity index (χ4n) is 2.88. The van der Waals surface area contributed by atoms with Gasteiger partial charge in [-0.1, -0.05) is 42.5 Å². The highest BCUT2D eigenvalue weighted by molar-refractivity contribution is 7.89. The lowest BCUT2D eigenvalue weighted by atomic mass is 10.1. The number of amides is 1. The number of ether oxygens (including phenoxy) is 1. The van der Waals surface area contributed by atoms with Crippen molar-refractivity contribution in [2.24, 2.45) is 10.1 Å². The third-order valence-electron chi connectivity index (χ3n) is 4.50. The fourth-order valence-corrected chi connectivity index (χ4v) is 4.58. The van der Waals surface area contributed by atoms with Gasteiger partial charge in [0.15, 0.2) is 4.80 Å². The van der Waals surface area contributed by atoms with Crippen molar-refractivity contribution < 1.29 is 22.7 Å². The number of hydrogen-bond acceptors (Lipinski definition) is 6. The van der Waals surface area contributed by atoms with Gasteiger partial charge >= 0.3 is 5.97 Å². The Morgan fingerprint density at radius 2 is 1.80 bits per heavy atom. The van der Waals surface area contributed by atoms with Gasteiger partial charge in [-0.15, -0.1) is 0 Å². The molecule has 0 aliphatic carbocycles. The van der Waals surface area contributed by atoms with Gasteiger partial charge in [-0.2, -0.15) is 4.99 Å². The van der Waals surface area contributed by atoms with Crippen LogP contribution in [0, 0.1) is 0 Å². The second-order valence-corrected chi connectivity index (χ2v) is 9.14. The van der Waals surface area contributed by atoms with Gasteiger partial charge in [0, 0.05) is 0 Å². The van der Waals surface area contributed by atoms with Gasteiger partial charge in [0.1, 0.15) is 6.54 Å². The molecule has 1 amide bonds. The molecule has 30 heavy (non-hydrogen) atoms. The number of thiazole rings is 1. The number of rotatable bonds is 6. The Hall–Kier alpha value is -2.82. The number of hydrogen-bond donors (Lipinski definition) is 1. The van der Waals surface area contributed by atoms with Crippen molar-refractivity contribution in [2.75, 3.05) is 7.11 Å². The lowest BCUT2D eigenvalue weighted by molar-refractivity contribution is -0.141. The molecule has 0 atom stereocenters. The molecule has 0 saturated heterocycles. The van der Waals surface area contributed by atoms with E-state index in [2.05, 4.69) is 11.9 Å². The van der Waals surface area contributed by atoms with Gasteiger partial charge in [-0.25, -0.2) is 13.6 Å². The van der Waals surface area contributed by atoms with Crippen molar-refractivity contribution in [3.63, 3.8) is 0 Å². The molecule has 1 aromatic heterocycles. The lowest BCUT2D eigenvalue weighted by Gasteiger charge is -2.04. The standard InChI is InChI=1S/C20H21N3O5S2/c1-3-13-4-6-14(7-5-13)10-18(24)22-20-23(12-19(25)28-2)16-9-8-15(30(21,26)27)11-17(16)29-20/h4-9,11H,3,10,12H2,1-2H3,(H2,21,26,27). The molecular formula is C20H21N3O5S2. The Kier molecular flexibility index (Phi) is 6.49. The van der Waals surface area contributed by atoms with Crippen LogP contribution in [-0.4, -0.2) is 32.0 Å². The molecule has 10 heteroatoms. The maximum absolute atomic E-state index is 12.5. The second-order valence-electron chi connectivity index (χ2n) is 6.57. The molecule has 3 rings (SSSR count). The Bertz CT molecular complexity index is 1270. The summed E-state index contributed by atoms with van der Waals surface area (Å²) in [6, 6.07) is 12.0. The number of sulfonamides is 1. The van der Waals surface area contributed by atoms with E-state index in [1.165, 1.54) is 35.4 Å².